The van der Waals surface area contributed by atoms with E-state index in [1.807, 2.05) is 6.07 Å². The normalized spacial score (nSPS) is 10.6. The summed E-state index contributed by atoms with van der Waals surface area (Å²) >= 11 is 6.02. The Balaban J connectivity index is 2.46. The molecule has 0 radical (unpaired) electrons. The molecule has 20 heavy (non-hydrogen) atoms. The van der Waals surface area contributed by atoms with Gasteiger partial charge in [-0.05, 0) is 12.5 Å². The third-order valence-electron chi connectivity index (χ3n) is 3.28. The molecule has 1 aromatic rings. The van der Waals surface area contributed by atoms with E-state index >= 15 is 0 Å². The van der Waals surface area contributed by atoms with Crippen molar-refractivity contribution in [1.82, 2.24) is 0 Å². The van der Waals surface area contributed by atoms with Crippen LogP contribution in [0.3, 0.4) is 0 Å². The van der Waals surface area contributed by atoms with Crippen molar-refractivity contribution in [1.29, 1.82) is 0 Å². The van der Waals surface area contributed by atoms with Gasteiger partial charge in [-0.1, -0.05) is 50.6 Å². The van der Waals surface area contributed by atoms with Gasteiger partial charge in [-0.15, -0.1) is 0 Å². The highest BCUT2D eigenvalue weighted by molar-refractivity contribution is 6.30. The number of nitrogens with two attached hydrogens (primary N) is 1. The van der Waals surface area contributed by atoms with Crippen molar-refractivity contribution in [3.63, 3.8) is 0 Å². The molecule has 0 spiro atoms. The third-order valence-corrected chi connectivity index (χ3v) is 3.50. The molecule has 0 heterocycles. The summed E-state index contributed by atoms with van der Waals surface area (Å²) in [6.07, 6.45) is 7.45. The van der Waals surface area contributed by atoms with E-state index < -0.39 is 0 Å². The van der Waals surface area contributed by atoms with Crippen LogP contribution in [0.2, 0.25) is 5.02 Å². The Kier molecular flexibility index (Phi) is 8.47. The zero-order valence-electron chi connectivity index (χ0n) is 12.6. The molecule has 0 amide bonds. The quantitative estimate of drug-likeness (QED) is 0.645. The highest BCUT2D eigenvalue weighted by Crippen LogP contribution is 2.34. The van der Waals surface area contributed by atoms with Gasteiger partial charge in [0.05, 0.1) is 13.7 Å². The van der Waals surface area contributed by atoms with E-state index in [1.165, 1.54) is 32.1 Å². The average molecular weight is 300 g/mol. The largest absolute Gasteiger partial charge is 0.493 e. The fourth-order valence-electron chi connectivity index (χ4n) is 2.15. The van der Waals surface area contributed by atoms with Crippen LogP contribution in [0, 0.1) is 0 Å². The fraction of sp³-hybridized carbons (Fsp3) is 0.625. The number of ether oxygens (including phenoxy) is 2. The van der Waals surface area contributed by atoms with Crippen molar-refractivity contribution in [2.75, 3.05) is 13.7 Å². The van der Waals surface area contributed by atoms with Crippen LogP contribution in [0.5, 0.6) is 11.5 Å². The summed E-state index contributed by atoms with van der Waals surface area (Å²) in [7, 11) is 1.61. The summed E-state index contributed by atoms with van der Waals surface area (Å²) in [5.41, 5.74) is 6.62. The van der Waals surface area contributed by atoms with Crippen LogP contribution in [-0.4, -0.2) is 13.7 Å². The van der Waals surface area contributed by atoms with Gasteiger partial charge in [-0.2, -0.15) is 0 Å². The number of hydrogen-bond acceptors (Lipinski definition) is 3. The lowest BCUT2D eigenvalue weighted by Crippen LogP contribution is -2.05. The highest BCUT2D eigenvalue weighted by atomic mass is 35.5. The van der Waals surface area contributed by atoms with E-state index in [4.69, 9.17) is 26.8 Å². The van der Waals surface area contributed by atoms with Gasteiger partial charge in [-0.25, -0.2) is 0 Å². The predicted molar refractivity (Wildman–Crippen MR) is 84.8 cm³/mol. The highest BCUT2D eigenvalue weighted by Gasteiger charge is 2.11. The molecular weight excluding hydrogens is 274 g/mol. The predicted octanol–water partition coefficient (Wildman–Crippen LogP) is 4.55. The average Bonchev–Trinajstić information content (AvgIpc) is 2.46. The van der Waals surface area contributed by atoms with Crippen LogP contribution >= 0.6 is 11.6 Å². The topological polar surface area (TPSA) is 44.5 Å². The summed E-state index contributed by atoms with van der Waals surface area (Å²) < 4.78 is 11.2. The molecule has 0 saturated heterocycles. The maximum absolute atomic E-state index is 6.02. The van der Waals surface area contributed by atoms with Crippen LogP contribution in [-0.2, 0) is 6.54 Å². The molecule has 0 aliphatic rings. The van der Waals surface area contributed by atoms with Crippen molar-refractivity contribution >= 4 is 11.6 Å². The van der Waals surface area contributed by atoms with Crippen molar-refractivity contribution in [3.8, 4) is 11.5 Å². The van der Waals surface area contributed by atoms with Gasteiger partial charge >= 0.3 is 0 Å². The van der Waals surface area contributed by atoms with Crippen LogP contribution in [0.25, 0.3) is 0 Å². The van der Waals surface area contributed by atoms with E-state index in [-0.39, 0.29) is 0 Å². The first-order valence-corrected chi connectivity index (χ1v) is 7.80. The van der Waals surface area contributed by atoms with Gasteiger partial charge in [0.25, 0.3) is 0 Å². The monoisotopic (exact) mass is 299 g/mol. The van der Waals surface area contributed by atoms with Crippen molar-refractivity contribution < 1.29 is 9.47 Å². The summed E-state index contributed by atoms with van der Waals surface area (Å²) in [6.45, 7) is 3.31. The van der Waals surface area contributed by atoms with Crippen molar-refractivity contribution in [2.24, 2.45) is 5.73 Å². The number of halogens is 1. The maximum Gasteiger partial charge on any atom is 0.165 e. The van der Waals surface area contributed by atoms with Crippen LogP contribution in [0.4, 0.5) is 0 Å². The standard InChI is InChI=1S/C16H26ClNO2/c1-3-4-5-6-7-8-9-20-16-13(12-18)10-14(17)11-15(16)19-2/h10-11H,3-9,12,18H2,1-2H3. The Morgan fingerprint density at radius 3 is 2.45 bits per heavy atom. The fourth-order valence-corrected chi connectivity index (χ4v) is 2.38. The second-order valence-corrected chi connectivity index (χ2v) is 5.35. The molecule has 2 N–H and O–H groups in total. The van der Waals surface area contributed by atoms with E-state index in [2.05, 4.69) is 6.92 Å². The molecule has 0 fully saturated rings. The minimum absolute atomic E-state index is 0.392. The Labute approximate surface area is 127 Å². The number of benzene rings is 1. The van der Waals surface area contributed by atoms with Gasteiger partial charge in [0, 0.05) is 23.2 Å². The Morgan fingerprint density at radius 1 is 1.10 bits per heavy atom. The zero-order valence-corrected chi connectivity index (χ0v) is 13.3. The molecule has 0 aromatic heterocycles. The number of methoxy groups -OCH3 is 1. The molecule has 3 nitrogen and oxygen atoms in total. The Hall–Kier alpha value is -0.930. The lowest BCUT2D eigenvalue weighted by atomic mass is 10.1. The summed E-state index contributed by atoms with van der Waals surface area (Å²) in [5, 5.41) is 0.620. The summed E-state index contributed by atoms with van der Waals surface area (Å²) in [5.74, 6) is 1.39. The minimum Gasteiger partial charge on any atom is -0.493 e. The van der Waals surface area contributed by atoms with Crippen LogP contribution in [0.1, 0.15) is 51.0 Å². The van der Waals surface area contributed by atoms with E-state index in [9.17, 15) is 0 Å². The first-order chi connectivity index (χ1) is 9.72. The Bertz CT molecular complexity index is 371. The maximum atomic E-state index is 6.02. The number of unbranched alkanes of at least 4 members (excludes halogenated alkanes) is 5. The third kappa shape index (κ3) is 5.59. The molecule has 114 valence electrons. The zero-order chi connectivity index (χ0) is 14.8. The molecule has 1 rings (SSSR count). The minimum atomic E-state index is 0.392. The Morgan fingerprint density at radius 2 is 1.80 bits per heavy atom. The van der Waals surface area contributed by atoms with E-state index in [1.54, 1.807) is 13.2 Å². The summed E-state index contributed by atoms with van der Waals surface area (Å²) in [6, 6.07) is 3.60. The van der Waals surface area contributed by atoms with Crippen LogP contribution < -0.4 is 15.2 Å². The second-order valence-electron chi connectivity index (χ2n) is 4.92. The molecular formula is C16H26ClNO2. The molecule has 0 unspecified atom stereocenters. The molecule has 1 aromatic carbocycles. The van der Waals surface area contributed by atoms with Gasteiger partial charge in [0.15, 0.2) is 11.5 Å². The van der Waals surface area contributed by atoms with Crippen molar-refractivity contribution in [3.05, 3.63) is 22.7 Å². The SMILES string of the molecule is CCCCCCCCOc1c(CN)cc(Cl)cc1OC. The van der Waals surface area contributed by atoms with E-state index in [0.717, 1.165) is 17.7 Å². The van der Waals surface area contributed by atoms with Gasteiger partial charge in [-0.3, -0.25) is 0 Å². The lowest BCUT2D eigenvalue weighted by molar-refractivity contribution is 0.282. The lowest BCUT2D eigenvalue weighted by Gasteiger charge is -2.15. The molecule has 0 saturated carbocycles. The van der Waals surface area contributed by atoms with Crippen LogP contribution in [0.15, 0.2) is 12.1 Å². The summed E-state index contributed by atoms with van der Waals surface area (Å²) in [4.78, 5) is 0. The first kappa shape index (κ1) is 17.1. The molecule has 0 atom stereocenters. The molecule has 4 heteroatoms. The van der Waals surface area contributed by atoms with Crippen molar-refractivity contribution in [2.45, 2.75) is 52.0 Å². The number of hydrogen-bond donors (Lipinski definition) is 1. The van der Waals surface area contributed by atoms with Gasteiger partial charge in [0.1, 0.15) is 0 Å². The van der Waals surface area contributed by atoms with E-state index in [0.29, 0.717) is 23.9 Å². The molecule has 0 bridgehead atoms. The number of rotatable bonds is 10. The smallest absolute Gasteiger partial charge is 0.165 e. The molecule has 0 aliphatic heterocycles. The first-order valence-electron chi connectivity index (χ1n) is 7.42. The molecule has 0 aliphatic carbocycles. The second kappa shape index (κ2) is 9.89. The van der Waals surface area contributed by atoms with Gasteiger partial charge < -0.3 is 15.2 Å². The van der Waals surface area contributed by atoms with Gasteiger partial charge in [0.2, 0.25) is 0 Å².